The van der Waals surface area contributed by atoms with Crippen molar-refractivity contribution in [2.24, 2.45) is 0 Å². The van der Waals surface area contributed by atoms with Crippen molar-refractivity contribution in [2.45, 2.75) is 60.5 Å². The molecular formula is C10H18S2. The molecule has 0 N–H and O–H groups in total. The van der Waals surface area contributed by atoms with Gasteiger partial charge in [0, 0.05) is 10.00 Å². The van der Waals surface area contributed by atoms with Crippen molar-refractivity contribution in [1.82, 2.24) is 0 Å². The van der Waals surface area contributed by atoms with E-state index in [4.69, 9.17) is 0 Å². The normalized spacial score (nSPS) is 46.0. The van der Waals surface area contributed by atoms with Crippen molar-refractivity contribution >= 4 is 23.5 Å². The first kappa shape index (κ1) is 9.26. The van der Waals surface area contributed by atoms with E-state index in [9.17, 15) is 0 Å². The zero-order valence-electron chi connectivity index (χ0n) is 8.22. The molecule has 2 heterocycles. The molecule has 0 radical (unpaired) electrons. The van der Waals surface area contributed by atoms with Gasteiger partial charge >= 0.3 is 0 Å². The Hall–Kier alpha value is 0.700. The van der Waals surface area contributed by atoms with Crippen LogP contribution in [0.1, 0.15) is 46.5 Å². The summed E-state index contributed by atoms with van der Waals surface area (Å²) in [7, 11) is 0. The predicted octanol–water partition coefficient (Wildman–Crippen LogP) is 3.90. The summed E-state index contributed by atoms with van der Waals surface area (Å²) in [4.78, 5) is 0. The number of fused-ring (bicyclic) bond motifs is 2. The Morgan fingerprint density at radius 1 is 1.33 bits per heavy atom. The van der Waals surface area contributed by atoms with Crippen LogP contribution < -0.4 is 0 Å². The van der Waals surface area contributed by atoms with E-state index < -0.39 is 0 Å². The van der Waals surface area contributed by atoms with Crippen molar-refractivity contribution in [3.8, 4) is 0 Å². The van der Waals surface area contributed by atoms with E-state index in [1.54, 1.807) is 0 Å². The molecule has 3 rings (SSSR count). The molecule has 12 heavy (non-hydrogen) atoms. The van der Waals surface area contributed by atoms with Crippen LogP contribution in [0.15, 0.2) is 0 Å². The summed E-state index contributed by atoms with van der Waals surface area (Å²) in [5.74, 6) is 0. The van der Waals surface area contributed by atoms with E-state index in [2.05, 4.69) is 44.3 Å². The van der Waals surface area contributed by atoms with E-state index in [-0.39, 0.29) is 0 Å². The van der Waals surface area contributed by atoms with Crippen LogP contribution in [0.4, 0.5) is 0 Å². The Morgan fingerprint density at radius 2 is 2.00 bits per heavy atom. The lowest BCUT2D eigenvalue weighted by atomic mass is 9.87. The minimum atomic E-state index is 0.640. The molecule has 3 fully saturated rings. The van der Waals surface area contributed by atoms with E-state index in [1.165, 1.54) is 25.7 Å². The van der Waals surface area contributed by atoms with Crippen molar-refractivity contribution < 1.29 is 0 Å². The largest absolute Gasteiger partial charge is 0.141 e. The third kappa shape index (κ3) is 1.52. The molecule has 1 saturated carbocycles. The summed E-state index contributed by atoms with van der Waals surface area (Å²) >= 11 is 4.46. The third-order valence-electron chi connectivity index (χ3n) is 2.79. The molecule has 2 unspecified atom stereocenters. The maximum atomic E-state index is 2.44. The van der Waals surface area contributed by atoms with Crippen molar-refractivity contribution in [3.05, 3.63) is 0 Å². The molecule has 0 amide bonds. The van der Waals surface area contributed by atoms with Gasteiger partial charge in [0.25, 0.3) is 0 Å². The summed E-state index contributed by atoms with van der Waals surface area (Å²) in [5.41, 5.74) is 0. The molecule has 0 aromatic rings. The van der Waals surface area contributed by atoms with Crippen LogP contribution in [0.5, 0.6) is 0 Å². The maximum absolute atomic E-state index is 2.44. The Balaban J connectivity index is 1.98. The van der Waals surface area contributed by atoms with Crippen molar-refractivity contribution in [2.75, 3.05) is 0 Å². The topological polar surface area (TPSA) is 0 Å². The molecule has 2 saturated heterocycles. The minimum absolute atomic E-state index is 0.640. The van der Waals surface area contributed by atoms with Gasteiger partial charge in [-0.25, -0.2) is 0 Å². The average Bonchev–Trinajstić information content (AvgIpc) is 1.81. The molecule has 0 aromatic carbocycles. The summed E-state index contributed by atoms with van der Waals surface area (Å²) in [6.45, 7) is 7.09. The molecule has 2 atom stereocenters. The zero-order valence-corrected chi connectivity index (χ0v) is 9.86. The second kappa shape index (κ2) is 2.84. The van der Waals surface area contributed by atoms with Gasteiger partial charge in [0.2, 0.25) is 0 Å². The van der Waals surface area contributed by atoms with Crippen LogP contribution in [-0.4, -0.2) is 14.1 Å². The van der Waals surface area contributed by atoms with E-state index in [1.807, 2.05) is 0 Å². The monoisotopic (exact) mass is 202 g/mol. The Bertz CT molecular complexity index is 175. The van der Waals surface area contributed by atoms with Crippen LogP contribution >= 0.6 is 23.5 Å². The smallest absolute Gasteiger partial charge is 0.0632 e. The van der Waals surface area contributed by atoms with E-state index in [0.717, 1.165) is 5.25 Å². The Kier molecular flexibility index (Phi) is 2.20. The average molecular weight is 202 g/mol. The highest BCUT2D eigenvalue weighted by Gasteiger charge is 2.55. The molecule has 70 valence electrons. The molecule has 2 heteroatoms. The molecule has 0 nitrogen and oxygen atoms in total. The fraction of sp³-hybridized carbons (Fsp3) is 1.00. The van der Waals surface area contributed by atoms with Gasteiger partial charge in [0.05, 0.1) is 4.08 Å². The standard InChI is InChI=1S/C10H18S2/c1-8(2)11-10-6-4-5-9(3,7-10)12-10/h8H,4-7H2,1-3H3. The number of thioether (sulfide) groups is 2. The lowest BCUT2D eigenvalue weighted by Crippen LogP contribution is -2.51. The number of rotatable bonds is 2. The van der Waals surface area contributed by atoms with E-state index >= 15 is 0 Å². The molecule has 0 aromatic heterocycles. The van der Waals surface area contributed by atoms with Gasteiger partial charge in [-0.15, -0.1) is 23.5 Å². The van der Waals surface area contributed by atoms with Crippen LogP contribution in [0.2, 0.25) is 0 Å². The molecule has 2 aliphatic heterocycles. The Labute approximate surface area is 84.3 Å². The van der Waals surface area contributed by atoms with Gasteiger partial charge in [-0.1, -0.05) is 20.8 Å². The fourth-order valence-electron chi connectivity index (χ4n) is 2.58. The highest BCUT2D eigenvalue weighted by molar-refractivity contribution is 8.20. The number of hydrogen-bond donors (Lipinski definition) is 0. The lowest BCUT2D eigenvalue weighted by Gasteiger charge is -2.58. The van der Waals surface area contributed by atoms with Gasteiger partial charge in [0.1, 0.15) is 0 Å². The Morgan fingerprint density at radius 3 is 2.50 bits per heavy atom. The molecule has 2 bridgehead atoms. The SMILES string of the molecule is CC(C)SC12CCCC(C)(C1)S2. The van der Waals surface area contributed by atoms with Crippen LogP contribution in [-0.2, 0) is 0 Å². The summed E-state index contributed by atoms with van der Waals surface area (Å²) in [5, 5.41) is 0.806. The second-order valence-corrected chi connectivity index (χ2v) is 8.85. The summed E-state index contributed by atoms with van der Waals surface area (Å²) < 4.78 is 1.31. The fourth-order valence-corrected chi connectivity index (χ4v) is 7.42. The lowest BCUT2D eigenvalue weighted by molar-refractivity contribution is 0.365. The number of hydrogen-bond acceptors (Lipinski definition) is 2. The molecule has 1 aliphatic carbocycles. The quantitative estimate of drug-likeness (QED) is 0.666. The van der Waals surface area contributed by atoms with Gasteiger partial charge in [-0.05, 0) is 25.7 Å². The van der Waals surface area contributed by atoms with Crippen LogP contribution in [0.25, 0.3) is 0 Å². The highest BCUT2D eigenvalue weighted by atomic mass is 32.2. The van der Waals surface area contributed by atoms with E-state index in [0.29, 0.717) is 8.83 Å². The van der Waals surface area contributed by atoms with Gasteiger partial charge in [0.15, 0.2) is 0 Å². The molecule has 3 aliphatic rings. The molecule has 0 spiro atoms. The van der Waals surface area contributed by atoms with Gasteiger partial charge in [-0.3, -0.25) is 0 Å². The first-order valence-corrected chi connectivity index (χ1v) is 6.61. The van der Waals surface area contributed by atoms with Crippen LogP contribution in [0, 0.1) is 0 Å². The van der Waals surface area contributed by atoms with Gasteiger partial charge < -0.3 is 0 Å². The van der Waals surface area contributed by atoms with Crippen LogP contribution in [0.3, 0.4) is 0 Å². The minimum Gasteiger partial charge on any atom is -0.141 e. The first-order valence-electron chi connectivity index (χ1n) is 4.92. The predicted molar refractivity (Wildman–Crippen MR) is 59.9 cm³/mol. The molecular weight excluding hydrogens is 184 g/mol. The highest BCUT2D eigenvalue weighted by Crippen LogP contribution is 2.68. The maximum Gasteiger partial charge on any atom is 0.0632 e. The summed E-state index contributed by atoms with van der Waals surface area (Å²) in [6.07, 6.45) is 5.84. The van der Waals surface area contributed by atoms with Gasteiger partial charge in [-0.2, -0.15) is 0 Å². The van der Waals surface area contributed by atoms with Crippen molar-refractivity contribution in [1.29, 1.82) is 0 Å². The first-order chi connectivity index (χ1) is 5.54. The van der Waals surface area contributed by atoms with Crippen molar-refractivity contribution in [3.63, 3.8) is 0 Å². The zero-order chi connectivity index (χ0) is 8.82. The third-order valence-corrected chi connectivity index (χ3v) is 6.14. The second-order valence-electron chi connectivity index (χ2n) is 4.66. The summed E-state index contributed by atoms with van der Waals surface area (Å²) in [6, 6.07) is 0.